The molecule has 0 atom stereocenters. The number of carbonyl (C=O) groups excluding carboxylic acids is 1. The van der Waals surface area contributed by atoms with E-state index in [2.05, 4.69) is 10.4 Å². The van der Waals surface area contributed by atoms with Crippen molar-refractivity contribution in [2.24, 2.45) is 0 Å². The van der Waals surface area contributed by atoms with Crippen LogP contribution in [-0.4, -0.2) is 26.1 Å². The number of hydrogen-bond acceptors (Lipinski definition) is 3. The topological polar surface area (TPSA) is 41.6 Å². The average Bonchev–Trinajstić information content (AvgIpc) is 2.82. The number of rotatable bonds is 3. The molecule has 4 heteroatoms. The molecule has 0 bridgehead atoms. The van der Waals surface area contributed by atoms with Crippen LogP contribution in [0.3, 0.4) is 0 Å². The van der Waals surface area contributed by atoms with Gasteiger partial charge in [0.2, 0.25) is 0 Å². The van der Waals surface area contributed by atoms with Gasteiger partial charge < -0.3 is 4.90 Å². The summed E-state index contributed by atoms with van der Waals surface area (Å²) in [6, 6.07) is 5.96. The molecule has 2 rings (SSSR count). The van der Waals surface area contributed by atoms with Crippen LogP contribution in [0.5, 0.6) is 0 Å². The highest BCUT2D eigenvalue weighted by molar-refractivity contribution is 5.99. The van der Waals surface area contributed by atoms with E-state index in [0.29, 0.717) is 5.56 Å². The molecule has 0 radical (unpaired) electrons. The summed E-state index contributed by atoms with van der Waals surface area (Å²) >= 11 is 0. The predicted molar refractivity (Wildman–Crippen MR) is 67.1 cm³/mol. The van der Waals surface area contributed by atoms with Gasteiger partial charge in [0.1, 0.15) is 0 Å². The molecular formula is C13H18N2O2. The average molecular weight is 234 g/mol. The van der Waals surface area contributed by atoms with Crippen molar-refractivity contribution in [3.05, 3.63) is 29.3 Å². The minimum atomic E-state index is -0.182. The van der Waals surface area contributed by atoms with Crippen LogP contribution in [0.15, 0.2) is 18.2 Å². The highest BCUT2D eigenvalue weighted by Crippen LogP contribution is 2.25. The Kier molecular flexibility index (Phi) is 3.64. The number of hydroxylamine groups is 1. The first-order valence-electron chi connectivity index (χ1n) is 5.91. The van der Waals surface area contributed by atoms with Crippen molar-refractivity contribution in [3.8, 4) is 0 Å². The van der Waals surface area contributed by atoms with E-state index < -0.39 is 0 Å². The van der Waals surface area contributed by atoms with Crippen LogP contribution in [0.4, 0.5) is 5.69 Å². The van der Waals surface area contributed by atoms with E-state index in [1.165, 1.54) is 20.0 Å². The Morgan fingerprint density at radius 1 is 1.35 bits per heavy atom. The van der Waals surface area contributed by atoms with Crippen LogP contribution in [0.2, 0.25) is 0 Å². The molecular weight excluding hydrogens is 216 g/mol. The van der Waals surface area contributed by atoms with Gasteiger partial charge in [-0.1, -0.05) is 11.6 Å². The first kappa shape index (κ1) is 11.9. The largest absolute Gasteiger partial charge is 0.371 e. The Labute approximate surface area is 102 Å². The van der Waals surface area contributed by atoms with Crippen molar-refractivity contribution >= 4 is 11.6 Å². The molecule has 0 saturated carbocycles. The van der Waals surface area contributed by atoms with Crippen molar-refractivity contribution in [3.63, 3.8) is 0 Å². The molecule has 1 aliphatic heterocycles. The molecule has 1 N–H and O–H groups in total. The molecule has 0 unspecified atom stereocenters. The molecule has 17 heavy (non-hydrogen) atoms. The molecule has 1 aliphatic rings. The van der Waals surface area contributed by atoms with E-state index in [1.54, 1.807) is 0 Å². The number of nitrogens with zero attached hydrogens (tertiary/aromatic N) is 1. The third-order valence-electron chi connectivity index (χ3n) is 3.04. The molecule has 92 valence electrons. The molecule has 1 amide bonds. The minimum absolute atomic E-state index is 0.182. The Bertz CT molecular complexity index is 412. The van der Waals surface area contributed by atoms with Gasteiger partial charge >= 0.3 is 0 Å². The van der Waals surface area contributed by atoms with Gasteiger partial charge in [-0.3, -0.25) is 9.63 Å². The van der Waals surface area contributed by atoms with Gasteiger partial charge in [-0.15, -0.1) is 0 Å². The van der Waals surface area contributed by atoms with Crippen molar-refractivity contribution < 1.29 is 9.63 Å². The van der Waals surface area contributed by atoms with Gasteiger partial charge in [0, 0.05) is 18.8 Å². The number of benzene rings is 1. The van der Waals surface area contributed by atoms with Crippen LogP contribution < -0.4 is 10.4 Å². The summed E-state index contributed by atoms with van der Waals surface area (Å²) in [6.07, 6.45) is 2.39. The van der Waals surface area contributed by atoms with Gasteiger partial charge in [0.25, 0.3) is 5.91 Å². The van der Waals surface area contributed by atoms with Gasteiger partial charge in [-0.25, -0.2) is 5.48 Å². The lowest BCUT2D eigenvalue weighted by Gasteiger charge is -2.21. The number of aryl methyl sites for hydroxylation is 1. The van der Waals surface area contributed by atoms with E-state index in [1.807, 2.05) is 25.1 Å². The highest BCUT2D eigenvalue weighted by atomic mass is 16.6. The van der Waals surface area contributed by atoms with E-state index in [-0.39, 0.29) is 5.91 Å². The molecule has 1 aromatic carbocycles. The zero-order chi connectivity index (χ0) is 12.3. The quantitative estimate of drug-likeness (QED) is 0.812. The number of amides is 1. The normalized spacial score (nSPS) is 15.1. The fraction of sp³-hybridized carbons (Fsp3) is 0.462. The van der Waals surface area contributed by atoms with Gasteiger partial charge in [-0.05, 0) is 31.9 Å². The first-order chi connectivity index (χ1) is 8.22. The summed E-state index contributed by atoms with van der Waals surface area (Å²) < 4.78 is 0. The van der Waals surface area contributed by atoms with Crippen LogP contribution in [0.25, 0.3) is 0 Å². The minimum Gasteiger partial charge on any atom is -0.371 e. The summed E-state index contributed by atoms with van der Waals surface area (Å²) in [5.41, 5.74) is 5.16. The van der Waals surface area contributed by atoms with Gasteiger partial charge in [-0.2, -0.15) is 0 Å². The molecule has 4 nitrogen and oxygen atoms in total. The van der Waals surface area contributed by atoms with Crippen molar-refractivity contribution in [2.75, 3.05) is 25.1 Å². The Hall–Kier alpha value is -1.55. The zero-order valence-electron chi connectivity index (χ0n) is 10.3. The second kappa shape index (κ2) is 5.19. The molecule has 1 heterocycles. The van der Waals surface area contributed by atoms with Gasteiger partial charge in [0.15, 0.2) is 0 Å². The molecule has 0 aliphatic carbocycles. The zero-order valence-corrected chi connectivity index (χ0v) is 10.3. The van der Waals surface area contributed by atoms with Crippen LogP contribution >= 0.6 is 0 Å². The molecule has 0 spiro atoms. The van der Waals surface area contributed by atoms with Crippen molar-refractivity contribution in [1.29, 1.82) is 0 Å². The monoisotopic (exact) mass is 234 g/mol. The maximum absolute atomic E-state index is 11.9. The number of anilines is 1. The second-order valence-electron chi connectivity index (χ2n) is 4.35. The summed E-state index contributed by atoms with van der Waals surface area (Å²) in [6.45, 7) is 4.03. The Morgan fingerprint density at radius 3 is 2.71 bits per heavy atom. The summed E-state index contributed by atoms with van der Waals surface area (Å²) in [5, 5.41) is 0. The summed E-state index contributed by atoms with van der Waals surface area (Å²) in [4.78, 5) is 18.9. The summed E-state index contributed by atoms with van der Waals surface area (Å²) in [7, 11) is 1.45. The fourth-order valence-corrected chi connectivity index (χ4v) is 2.21. The van der Waals surface area contributed by atoms with E-state index in [9.17, 15) is 4.79 Å². The third kappa shape index (κ3) is 2.58. The number of carbonyl (C=O) groups is 1. The third-order valence-corrected chi connectivity index (χ3v) is 3.04. The maximum atomic E-state index is 11.9. The summed E-state index contributed by atoms with van der Waals surface area (Å²) in [5.74, 6) is -0.182. The lowest BCUT2D eigenvalue weighted by Crippen LogP contribution is -2.26. The Balaban J connectivity index is 2.33. The van der Waals surface area contributed by atoms with Crippen molar-refractivity contribution in [2.45, 2.75) is 19.8 Å². The molecule has 0 aromatic heterocycles. The number of hydrogen-bond donors (Lipinski definition) is 1. The van der Waals surface area contributed by atoms with Crippen LogP contribution in [0.1, 0.15) is 28.8 Å². The maximum Gasteiger partial charge on any atom is 0.276 e. The smallest absolute Gasteiger partial charge is 0.276 e. The van der Waals surface area contributed by atoms with E-state index >= 15 is 0 Å². The van der Waals surface area contributed by atoms with Gasteiger partial charge in [0.05, 0.1) is 12.7 Å². The second-order valence-corrected chi connectivity index (χ2v) is 4.35. The van der Waals surface area contributed by atoms with E-state index in [0.717, 1.165) is 24.3 Å². The fourth-order valence-electron chi connectivity index (χ4n) is 2.21. The predicted octanol–water partition coefficient (Wildman–Crippen LogP) is 1.89. The van der Waals surface area contributed by atoms with Crippen LogP contribution in [0, 0.1) is 6.92 Å². The Morgan fingerprint density at radius 2 is 2.06 bits per heavy atom. The lowest BCUT2D eigenvalue weighted by molar-refractivity contribution is 0.0538. The SMILES string of the molecule is CONC(=O)c1cc(C)ccc1N1CCCC1. The molecule has 1 saturated heterocycles. The molecule has 1 fully saturated rings. The van der Waals surface area contributed by atoms with E-state index in [4.69, 9.17) is 4.84 Å². The number of nitrogens with one attached hydrogen (secondary N) is 1. The standard InChI is InChI=1S/C13H18N2O2/c1-10-5-6-12(15-7-3-4-8-15)11(9-10)13(16)14-17-2/h5-6,9H,3-4,7-8H2,1-2H3,(H,14,16). The van der Waals surface area contributed by atoms with Crippen molar-refractivity contribution in [1.82, 2.24) is 5.48 Å². The highest BCUT2D eigenvalue weighted by Gasteiger charge is 2.19. The molecule has 1 aromatic rings. The first-order valence-corrected chi connectivity index (χ1v) is 5.91. The van der Waals surface area contributed by atoms with Crippen LogP contribution in [-0.2, 0) is 4.84 Å². The lowest BCUT2D eigenvalue weighted by atomic mass is 10.1.